The van der Waals surface area contributed by atoms with E-state index in [0.29, 0.717) is 51.5 Å². The molecule has 15 N–H and O–H groups in total. The van der Waals surface area contributed by atoms with Crippen LogP contribution >= 0.6 is 0 Å². The molecule has 0 radical (unpaired) electrons. The smallest absolute Gasteiger partial charge is 0.407 e. The SMILES string of the molecule is CC(C)[C@H](NC(=O)[C@@H]1CCCN1C(=O)[C@@H](N)CCCCNC(=O)OC(C)(C)C)C(=O)NCC(=O)N[C@@H](CCCCNC(=O)OC(C)(C)C)C(=O)N[C@@H](CCCCNC(=O)OC(C)(C)C)C(=O)N[C@@H](CCCNC(=N)N)C(=O)O. The number of guanidine groups is 1. The van der Waals surface area contributed by atoms with Gasteiger partial charge in [-0.1, -0.05) is 13.8 Å². The molecule has 0 saturated carbocycles. The number of aliphatic carboxylic acids is 1. The largest absolute Gasteiger partial charge is 0.480 e. The lowest BCUT2D eigenvalue weighted by Crippen LogP contribution is -2.58. The Hall–Kier alpha value is -6.67. The first-order valence-corrected chi connectivity index (χ1v) is 26.9. The van der Waals surface area contributed by atoms with Crippen LogP contribution in [-0.2, 0) is 47.8 Å². The third-order valence-corrected chi connectivity index (χ3v) is 11.5. The van der Waals surface area contributed by atoms with Crippen LogP contribution in [0, 0.1) is 11.3 Å². The summed E-state index contributed by atoms with van der Waals surface area (Å²) in [4.78, 5) is 132. The monoisotopic (exact) mass is 1110 g/mol. The number of nitrogens with zero attached hydrogens (tertiary/aromatic N) is 1. The van der Waals surface area contributed by atoms with Crippen LogP contribution in [0.15, 0.2) is 0 Å². The molecule has 78 heavy (non-hydrogen) atoms. The van der Waals surface area contributed by atoms with Gasteiger partial charge in [0.25, 0.3) is 0 Å². The van der Waals surface area contributed by atoms with E-state index in [1.54, 1.807) is 76.2 Å². The second kappa shape index (κ2) is 34.3. The highest BCUT2D eigenvalue weighted by Gasteiger charge is 2.38. The summed E-state index contributed by atoms with van der Waals surface area (Å²) in [6.45, 7) is 19.3. The van der Waals surface area contributed by atoms with Crippen LogP contribution in [-0.4, -0.2) is 168 Å². The van der Waals surface area contributed by atoms with Crippen molar-refractivity contribution in [1.82, 2.24) is 52.8 Å². The van der Waals surface area contributed by atoms with Gasteiger partial charge < -0.3 is 83.5 Å². The van der Waals surface area contributed by atoms with Gasteiger partial charge in [-0.05, 0) is 152 Å². The van der Waals surface area contributed by atoms with E-state index in [0.717, 1.165) is 0 Å². The molecule has 27 nitrogen and oxygen atoms in total. The molecule has 9 amide bonds. The van der Waals surface area contributed by atoms with Gasteiger partial charge in [0, 0.05) is 32.7 Å². The average Bonchev–Trinajstić information content (AvgIpc) is 3.80. The number of alkyl carbamates (subject to hydrolysis) is 3. The van der Waals surface area contributed by atoms with Crippen molar-refractivity contribution in [3.8, 4) is 0 Å². The molecule has 1 heterocycles. The summed E-state index contributed by atoms with van der Waals surface area (Å²) in [6.07, 6.45) is 1.59. The maximum atomic E-state index is 14.2. The molecule has 446 valence electrons. The fourth-order valence-corrected chi connectivity index (χ4v) is 7.77. The lowest BCUT2D eigenvalue weighted by molar-refractivity contribution is -0.142. The number of ether oxygens (including phenoxy) is 3. The molecular formula is C51H93N13O14. The zero-order chi connectivity index (χ0) is 59.4. The number of nitrogens with one attached hydrogen (secondary N) is 10. The quantitative estimate of drug-likeness (QED) is 0.0196. The molecule has 0 aromatic rings. The third kappa shape index (κ3) is 30.9. The Morgan fingerprint density at radius 1 is 0.577 bits per heavy atom. The minimum Gasteiger partial charge on any atom is -0.480 e. The number of hydrogen-bond acceptors (Lipinski definition) is 15. The van der Waals surface area contributed by atoms with Crippen molar-refractivity contribution in [3.63, 3.8) is 0 Å². The number of carbonyl (C=O) groups excluding carboxylic acids is 9. The summed E-state index contributed by atoms with van der Waals surface area (Å²) in [5, 5.41) is 40.7. The zero-order valence-corrected chi connectivity index (χ0v) is 47.8. The zero-order valence-electron chi connectivity index (χ0n) is 47.8. The van der Waals surface area contributed by atoms with E-state index < -0.39 is 125 Å². The molecule has 0 aromatic heterocycles. The number of carboxylic acids is 1. The summed E-state index contributed by atoms with van der Waals surface area (Å²) in [5.74, 6) is -6.36. The normalized spacial score (nSPS) is 15.4. The van der Waals surface area contributed by atoms with Gasteiger partial charge in [-0.3, -0.25) is 34.2 Å². The van der Waals surface area contributed by atoms with Gasteiger partial charge in [-0.25, -0.2) is 19.2 Å². The summed E-state index contributed by atoms with van der Waals surface area (Å²) in [7, 11) is 0. The van der Waals surface area contributed by atoms with Gasteiger partial charge in [0.15, 0.2) is 5.96 Å². The molecule has 1 fully saturated rings. The lowest BCUT2D eigenvalue weighted by Gasteiger charge is -2.29. The average molecular weight is 1110 g/mol. The maximum absolute atomic E-state index is 14.2. The molecule has 0 aliphatic carbocycles. The maximum Gasteiger partial charge on any atom is 0.407 e. The number of hydrogen-bond donors (Lipinski definition) is 13. The van der Waals surface area contributed by atoms with Crippen LogP contribution in [0.4, 0.5) is 14.4 Å². The first-order valence-electron chi connectivity index (χ1n) is 26.9. The van der Waals surface area contributed by atoms with Crippen molar-refractivity contribution in [1.29, 1.82) is 5.41 Å². The van der Waals surface area contributed by atoms with Crippen LogP contribution in [0.1, 0.15) is 160 Å². The predicted molar refractivity (Wildman–Crippen MR) is 289 cm³/mol. The van der Waals surface area contributed by atoms with E-state index in [1.807, 2.05) is 0 Å². The van der Waals surface area contributed by atoms with E-state index in [9.17, 15) is 53.1 Å². The van der Waals surface area contributed by atoms with Gasteiger partial charge in [0.2, 0.25) is 35.4 Å². The second-order valence-electron chi connectivity index (χ2n) is 22.6. The molecule has 6 atom stereocenters. The number of amides is 9. The fourth-order valence-electron chi connectivity index (χ4n) is 7.77. The molecule has 0 spiro atoms. The first kappa shape index (κ1) is 69.3. The van der Waals surface area contributed by atoms with Crippen molar-refractivity contribution in [2.24, 2.45) is 17.4 Å². The molecule has 1 saturated heterocycles. The fraction of sp³-hybridized carbons (Fsp3) is 0.784. The Bertz CT molecular complexity index is 2000. The van der Waals surface area contributed by atoms with E-state index in [-0.39, 0.29) is 70.7 Å². The highest BCUT2D eigenvalue weighted by atomic mass is 16.6. The van der Waals surface area contributed by atoms with Gasteiger partial charge in [0.1, 0.15) is 47.0 Å². The lowest BCUT2D eigenvalue weighted by atomic mass is 10.0. The minimum absolute atomic E-state index is 0.0210. The molecule has 1 aliphatic heterocycles. The van der Waals surface area contributed by atoms with Crippen molar-refractivity contribution in [3.05, 3.63) is 0 Å². The Morgan fingerprint density at radius 2 is 1.00 bits per heavy atom. The Balaban J connectivity index is 3.20. The van der Waals surface area contributed by atoms with Crippen LogP contribution in [0.25, 0.3) is 0 Å². The van der Waals surface area contributed by atoms with Crippen molar-refractivity contribution in [2.75, 3.05) is 39.3 Å². The van der Waals surface area contributed by atoms with Gasteiger partial charge in [0.05, 0.1) is 12.6 Å². The minimum atomic E-state index is -1.39. The van der Waals surface area contributed by atoms with Crippen LogP contribution in [0.5, 0.6) is 0 Å². The Morgan fingerprint density at radius 3 is 1.44 bits per heavy atom. The number of unbranched alkanes of at least 4 members (excludes halogenated alkanes) is 3. The number of rotatable bonds is 32. The Labute approximate surface area is 459 Å². The summed E-state index contributed by atoms with van der Waals surface area (Å²) in [6, 6.07) is -7.01. The second-order valence-corrected chi connectivity index (χ2v) is 22.6. The van der Waals surface area contributed by atoms with Gasteiger partial charge in [-0.2, -0.15) is 0 Å². The van der Waals surface area contributed by atoms with Gasteiger partial charge >= 0.3 is 24.2 Å². The van der Waals surface area contributed by atoms with Crippen molar-refractivity contribution >= 4 is 65.7 Å². The number of likely N-dealkylation sites (tertiary alicyclic amines) is 1. The van der Waals surface area contributed by atoms with Gasteiger partial charge in [-0.15, -0.1) is 0 Å². The van der Waals surface area contributed by atoms with E-state index in [1.165, 1.54) is 4.90 Å². The topological polar surface area (TPSA) is 406 Å². The predicted octanol–water partition coefficient (Wildman–Crippen LogP) is 1.45. The number of carbonyl (C=O) groups is 10. The number of carboxylic acid groups (broad SMARTS) is 1. The summed E-state index contributed by atoms with van der Waals surface area (Å²) in [5.41, 5.74) is 9.46. The first-order chi connectivity index (χ1) is 36.2. The van der Waals surface area contributed by atoms with Crippen LogP contribution in [0.3, 0.4) is 0 Å². The standard InChI is InChI=1S/C51H93N13O14/c1-31(2)38(63-41(68)36-24-19-29-64(36)43(70)32(52)20-12-15-25-56-46(73)76-49(3,4)5)42(69)59-30-37(65)60-33(21-13-16-26-57-47(74)77-50(6,7)8)39(66)61-34(22-14-17-27-58-48(75)78-51(9,10)11)40(67)62-35(44(71)72)23-18-28-55-45(53)54/h31-36,38H,12-30,52H2,1-11H3,(H,56,73)(H,57,74)(H,58,75)(H,59,69)(H,60,65)(H,61,66)(H,62,67)(H,63,68)(H,71,72)(H4,53,54,55)/t32-,33-,34-,35-,36-,38-/m0/s1. The van der Waals surface area contributed by atoms with Crippen molar-refractivity contribution < 1.29 is 67.3 Å². The van der Waals surface area contributed by atoms with E-state index >= 15 is 0 Å². The molecule has 1 rings (SSSR count). The molecule has 0 bridgehead atoms. The highest BCUT2D eigenvalue weighted by molar-refractivity contribution is 5.96. The van der Waals surface area contributed by atoms with Crippen LogP contribution < -0.4 is 59.3 Å². The summed E-state index contributed by atoms with van der Waals surface area (Å²) < 4.78 is 15.8. The molecule has 1 aliphatic rings. The molecule has 0 aromatic carbocycles. The highest BCUT2D eigenvalue weighted by Crippen LogP contribution is 2.20. The summed E-state index contributed by atoms with van der Waals surface area (Å²) >= 11 is 0. The molecule has 0 unspecified atom stereocenters. The Kier molecular flexibility index (Phi) is 30.5. The third-order valence-electron chi connectivity index (χ3n) is 11.5. The number of nitrogens with two attached hydrogens (primary N) is 2. The van der Waals surface area contributed by atoms with Crippen molar-refractivity contribution in [2.45, 2.75) is 213 Å². The molecule has 27 heteroatoms. The van der Waals surface area contributed by atoms with Crippen LogP contribution in [0.2, 0.25) is 0 Å². The van der Waals surface area contributed by atoms with E-state index in [4.69, 9.17) is 31.1 Å². The van der Waals surface area contributed by atoms with E-state index in [2.05, 4.69) is 47.9 Å². The molecular weight excluding hydrogens is 1020 g/mol.